The summed E-state index contributed by atoms with van der Waals surface area (Å²) in [6.45, 7) is -0.421. The summed E-state index contributed by atoms with van der Waals surface area (Å²) in [6.07, 6.45) is -0.696. The van der Waals surface area contributed by atoms with Gasteiger partial charge >= 0.3 is 0 Å². The Morgan fingerprint density at radius 1 is 1.12 bits per heavy atom. The standard InChI is InChI=1S/C12H15NO11P.C6H13N/c14-9-8(5-19-22-23-24-25)21-12(11(16)10(9)15)20-7-3-1-2-6(4-7)13(17)18;7-6-4-2-1-3-5-6/h1-4,8-12,14-16,25H,5H2;6H,1-5,7H2/q;+1/t8-,9+,10+,11-,12-;/m1./s1. The molecule has 0 bridgehead atoms. The number of nitro benzene ring substituents is 1. The van der Waals surface area contributed by atoms with Gasteiger partial charge in [-0.2, -0.15) is 10.4 Å². The number of rotatable bonds is 8. The van der Waals surface area contributed by atoms with Crippen molar-refractivity contribution >= 4 is 15.2 Å². The van der Waals surface area contributed by atoms with E-state index < -0.39 is 42.2 Å². The summed E-state index contributed by atoms with van der Waals surface area (Å²) in [4.78, 5) is 14.7. The highest BCUT2D eigenvalue weighted by molar-refractivity contribution is 7.09. The Bertz CT molecular complexity index is 695. The molecule has 5 N–H and O–H groups in total. The lowest BCUT2D eigenvalue weighted by atomic mass is 9.97. The van der Waals surface area contributed by atoms with Gasteiger partial charge in [0.2, 0.25) is 6.29 Å². The second-order valence-corrected chi connectivity index (χ2v) is 7.46. The van der Waals surface area contributed by atoms with Crippen LogP contribution < -0.4 is 10.5 Å². The predicted molar refractivity (Wildman–Crippen MR) is 107 cm³/mol. The van der Waals surface area contributed by atoms with Crippen LogP contribution >= 0.6 is 9.47 Å². The van der Waals surface area contributed by atoms with Crippen molar-refractivity contribution in [2.75, 3.05) is 6.61 Å². The molecule has 2 fully saturated rings. The molecule has 0 aromatic heterocycles. The SMILES string of the molecule is O=[N+]([O-])c1cccc(O[C@@H]2O[C@H](COOOO[PH])[C@H](O)[C@H](O)[C@H]2O)c1.[NH2+]C1CCCCC1. The van der Waals surface area contributed by atoms with Crippen LogP contribution in [0.3, 0.4) is 0 Å². The molecule has 0 unspecified atom stereocenters. The van der Waals surface area contributed by atoms with Gasteiger partial charge in [-0.15, -0.1) is 0 Å². The Balaban J connectivity index is 0.000000439. The summed E-state index contributed by atoms with van der Waals surface area (Å²) in [5, 5.41) is 48.5. The molecule has 14 heteroatoms. The summed E-state index contributed by atoms with van der Waals surface area (Å²) in [6, 6.07) is 5.68. The molecule has 180 valence electrons. The lowest BCUT2D eigenvalue weighted by molar-refractivity contribution is -0.608. The van der Waals surface area contributed by atoms with E-state index in [1.165, 1.54) is 50.3 Å². The smallest absolute Gasteiger partial charge is 0.273 e. The van der Waals surface area contributed by atoms with Crippen molar-refractivity contribution in [3.63, 3.8) is 0 Å². The Kier molecular flexibility index (Phi) is 11.6. The van der Waals surface area contributed by atoms with Gasteiger partial charge in [0.05, 0.1) is 11.0 Å². The first-order chi connectivity index (χ1) is 15.3. The monoisotopic (exact) mass is 479 g/mol. The van der Waals surface area contributed by atoms with Crippen molar-refractivity contribution in [2.45, 2.75) is 68.9 Å². The first-order valence-corrected chi connectivity index (χ1v) is 10.4. The van der Waals surface area contributed by atoms with Gasteiger partial charge in [-0.25, -0.2) is 4.89 Å². The molecule has 1 aliphatic heterocycles. The zero-order valence-corrected chi connectivity index (χ0v) is 18.1. The van der Waals surface area contributed by atoms with Gasteiger partial charge in [-0.1, -0.05) is 12.5 Å². The fourth-order valence-electron chi connectivity index (χ4n) is 3.22. The Labute approximate surface area is 186 Å². The van der Waals surface area contributed by atoms with E-state index in [-0.39, 0.29) is 11.4 Å². The van der Waals surface area contributed by atoms with E-state index in [0.717, 1.165) is 6.07 Å². The molecule has 0 amide bonds. The third-order valence-corrected chi connectivity index (χ3v) is 5.01. The molecule has 2 radical (unpaired) electrons. The van der Waals surface area contributed by atoms with Crippen molar-refractivity contribution in [1.29, 1.82) is 0 Å². The summed E-state index contributed by atoms with van der Waals surface area (Å²) in [5.74, 6) is 0.0218. The van der Waals surface area contributed by atoms with E-state index in [9.17, 15) is 25.4 Å². The van der Waals surface area contributed by atoms with Gasteiger partial charge in [-0.05, 0) is 29.0 Å². The van der Waals surface area contributed by atoms with Crippen LogP contribution in [-0.4, -0.2) is 63.6 Å². The first-order valence-electron chi connectivity index (χ1n) is 9.98. The molecule has 1 heterocycles. The second-order valence-electron chi connectivity index (χ2n) is 7.29. The molecular weight excluding hydrogens is 451 g/mol. The minimum absolute atomic E-state index is 0.0218. The largest absolute Gasteiger partial charge is 0.462 e. The van der Waals surface area contributed by atoms with Crippen molar-refractivity contribution in [3.05, 3.63) is 34.4 Å². The summed E-state index contributed by atoms with van der Waals surface area (Å²) in [5.41, 5.74) is 5.40. The van der Waals surface area contributed by atoms with Crippen molar-refractivity contribution < 1.29 is 55.1 Å². The predicted octanol–water partition coefficient (Wildman–Crippen LogP) is -0.00280. The molecule has 1 saturated carbocycles. The van der Waals surface area contributed by atoms with Crippen LogP contribution in [0.25, 0.3) is 0 Å². The minimum atomic E-state index is -1.63. The molecular formula is C18H28N2O11P+. The van der Waals surface area contributed by atoms with Crippen molar-refractivity contribution in [2.24, 2.45) is 0 Å². The van der Waals surface area contributed by atoms with E-state index in [1.54, 1.807) is 0 Å². The fourth-order valence-corrected chi connectivity index (χ4v) is 3.25. The van der Waals surface area contributed by atoms with Crippen LogP contribution in [0.5, 0.6) is 5.75 Å². The fraction of sp³-hybridized carbons (Fsp3) is 0.667. The van der Waals surface area contributed by atoms with Gasteiger partial charge < -0.3 is 24.8 Å². The van der Waals surface area contributed by atoms with Gasteiger partial charge in [0, 0.05) is 18.9 Å². The zero-order valence-electron chi connectivity index (χ0n) is 17.1. The highest BCUT2D eigenvalue weighted by atomic mass is 31.0. The molecule has 1 aliphatic carbocycles. The Morgan fingerprint density at radius 2 is 1.84 bits per heavy atom. The number of hydrogen-bond acceptors (Lipinski definition) is 12. The van der Waals surface area contributed by atoms with Gasteiger partial charge in [0.15, 0.2) is 0 Å². The normalized spacial score (nSPS) is 28.5. The van der Waals surface area contributed by atoms with E-state index in [0.29, 0.717) is 6.04 Å². The van der Waals surface area contributed by atoms with Crippen molar-refractivity contribution in [1.82, 2.24) is 0 Å². The van der Waals surface area contributed by atoms with Crippen LogP contribution in [0.4, 0.5) is 5.69 Å². The van der Waals surface area contributed by atoms with Crippen LogP contribution in [0.2, 0.25) is 0 Å². The number of aliphatic hydroxyl groups is 3. The molecule has 5 atom stereocenters. The third kappa shape index (κ3) is 8.45. The molecule has 0 spiro atoms. The zero-order chi connectivity index (χ0) is 23.5. The second kappa shape index (κ2) is 13.9. The summed E-state index contributed by atoms with van der Waals surface area (Å²) >= 11 is 0. The van der Waals surface area contributed by atoms with Gasteiger partial charge in [-0.3, -0.25) is 10.1 Å². The molecule has 1 saturated heterocycles. The molecule has 1 aromatic rings. The van der Waals surface area contributed by atoms with Crippen LogP contribution in [-0.2, 0) is 24.4 Å². The quantitative estimate of drug-likeness (QED) is 0.129. The van der Waals surface area contributed by atoms with Gasteiger partial charge in [0.25, 0.3) is 5.69 Å². The van der Waals surface area contributed by atoms with E-state index in [1.807, 2.05) is 0 Å². The van der Waals surface area contributed by atoms with Crippen LogP contribution in [0.15, 0.2) is 24.3 Å². The molecule has 2 aliphatic rings. The highest BCUT2D eigenvalue weighted by Crippen LogP contribution is 2.26. The topological polar surface area (TPSA) is 185 Å². The number of non-ortho nitro benzene ring substituents is 1. The van der Waals surface area contributed by atoms with E-state index >= 15 is 0 Å². The average Bonchev–Trinajstić information content (AvgIpc) is 2.79. The molecule has 1 aromatic carbocycles. The summed E-state index contributed by atoms with van der Waals surface area (Å²) in [7, 11) is 2.47. The molecule has 3 rings (SSSR count). The number of nitro groups is 1. The van der Waals surface area contributed by atoms with Crippen LogP contribution in [0.1, 0.15) is 32.1 Å². The van der Waals surface area contributed by atoms with Crippen LogP contribution in [0, 0.1) is 10.1 Å². The number of hydrogen-bond donors (Lipinski definition) is 4. The summed E-state index contributed by atoms with van der Waals surface area (Å²) < 4.78 is 14.5. The molecule has 32 heavy (non-hydrogen) atoms. The highest BCUT2D eigenvalue weighted by Gasteiger charge is 2.45. The maximum Gasteiger partial charge on any atom is 0.273 e. The van der Waals surface area contributed by atoms with Crippen molar-refractivity contribution in [3.8, 4) is 5.75 Å². The lowest BCUT2D eigenvalue weighted by Crippen LogP contribution is -2.61. The maximum absolute atomic E-state index is 10.8. The number of benzene rings is 1. The van der Waals surface area contributed by atoms with E-state index in [2.05, 4.69) is 29.1 Å². The average molecular weight is 479 g/mol. The Morgan fingerprint density at radius 3 is 2.44 bits per heavy atom. The molecule has 13 nitrogen and oxygen atoms in total. The first kappa shape index (κ1) is 26.7. The lowest BCUT2D eigenvalue weighted by Gasteiger charge is -2.39. The Hall–Kier alpha value is -1.51. The van der Waals surface area contributed by atoms with Gasteiger partial charge in [0.1, 0.15) is 52.3 Å². The van der Waals surface area contributed by atoms with E-state index in [4.69, 9.17) is 15.2 Å². The third-order valence-electron chi connectivity index (χ3n) is 4.94. The number of ether oxygens (including phenoxy) is 2. The number of nitrogens with zero attached hydrogens (tertiary/aromatic N) is 1. The minimum Gasteiger partial charge on any atom is -0.462 e. The number of aliphatic hydroxyl groups excluding tert-OH is 3. The maximum atomic E-state index is 10.8. The number of nitrogens with two attached hydrogens (primary N) is 1.